The summed E-state index contributed by atoms with van der Waals surface area (Å²) in [6.07, 6.45) is 1.78. The van der Waals surface area contributed by atoms with Crippen molar-refractivity contribution in [3.05, 3.63) is 47.7 Å². The monoisotopic (exact) mass is 224 g/mol. The van der Waals surface area contributed by atoms with Crippen LogP contribution in [0.4, 0.5) is 0 Å². The van der Waals surface area contributed by atoms with Gasteiger partial charge in [-0.2, -0.15) is 0 Å². The fraction of sp³-hybridized carbons (Fsp3) is 0.143. The van der Waals surface area contributed by atoms with E-state index in [1.807, 2.05) is 37.3 Å². The van der Waals surface area contributed by atoms with Gasteiger partial charge in [-0.25, -0.2) is 9.97 Å². The van der Waals surface area contributed by atoms with Crippen LogP contribution in [0.5, 0.6) is 0 Å². The van der Waals surface area contributed by atoms with Crippen molar-refractivity contribution in [1.82, 2.24) is 9.97 Å². The van der Waals surface area contributed by atoms with Gasteiger partial charge in [-0.05, 0) is 37.6 Å². The molecular weight excluding hydrogens is 212 g/mol. The van der Waals surface area contributed by atoms with Crippen LogP contribution in [0, 0.1) is 13.8 Å². The lowest BCUT2D eigenvalue weighted by Crippen LogP contribution is -1.78. The Morgan fingerprint density at radius 3 is 2.53 bits per heavy atom. The number of aromatic nitrogens is 2. The maximum absolute atomic E-state index is 5.63. The third kappa shape index (κ3) is 1.80. The van der Waals surface area contributed by atoms with Crippen LogP contribution in [0.1, 0.15) is 11.1 Å². The molecule has 0 radical (unpaired) electrons. The highest BCUT2D eigenvalue weighted by molar-refractivity contribution is 5.73. The van der Waals surface area contributed by atoms with Crippen molar-refractivity contribution >= 4 is 11.2 Å². The molecule has 17 heavy (non-hydrogen) atoms. The summed E-state index contributed by atoms with van der Waals surface area (Å²) in [5.74, 6) is 0.623. The summed E-state index contributed by atoms with van der Waals surface area (Å²) in [5, 5.41) is 0. The van der Waals surface area contributed by atoms with Gasteiger partial charge < -0.3 is 4.42 Å². The second-order valence-corrected chi connectivity index (χ2v) is 4.22. The van der Waals surface area contributed by atoms with Crippen LogP contribution in [0.25, 0.3) is 22.7 Å². The first kappa shape index (κ1) is 10.0. The summed E-state index contributed by atoms with van der Waals surface area (Å²) >= 11 is 0. The Morgan fingerprint density at radius 2 is 1.76 bits per heavy atom. The third-order valence-electron chi connectivity index (χ3n) is 2.68. The van der Waals surface area contributed by atoms with E-state index in [9.17, 15) is 0 Å². The number of hydrogen-bond acceptors (Lipinski definition) is 3. The van der Waals surface area contributed by atoms with E-state index >= 15 is 0 Å². The van der Waals surface area contributed by atoms with Gasteiger partial charge in [0.1, 0.15) is 5.52 Å². The van der Waals surface area contributed by atoms with E-state index in [4.69, 9.17) is 4.42 Å². The van der Waals surface area contributed by atoms with Crippen LogP contribution >= 0.6 is 0 Å². The largest absolute Gasteiger partial charge is 0.418 e. The minimum Gasteiger partial charge on any atom is -0.418 e. The first-order chi connectivity index (χ1) is 8.22. The van der Waals surface area contributed by atoms with Crippen LogP contribution in [0.15, 0.2) is 40.9 Å². The molecule has 2 heterocycles. The number of pyridine rings is 1. The summed E-state index contributed by atoms with van der Waals surface area (Å²) in [6.45, 7) is 4.05. The van der Waals surface area contributed by atoms with E-state index in [-0.39, 0.29) is 0 Å². The second kappa shape index (κ2) is 3.70. The number of aryl methyl sites for hydroxylation is 2. The Hall–Kier alpha value is -2.16. The Kier molecular flexibility index (Phi) is 2.18. The molecule has 2 aromatic heterocycles. The van der Waals surface area contributed by atoms with Crippen LogP contribution in [0.2, 0.25) is 0 Å². The van der Waals surface area contributed by atoms with Gasteiger partial charge >= 0.3 is 0 Å². The summed E-state index contributed by atoms with van der Waals surface area (Å²) in [7, 11) is 0. The van der Waals surface area contributed by atoms with Gasteiger partial charge in [-0.15, -0.1) is 0 Å². The quantitative estimate of drug-likeness (QED) is 0.635. The third-order valence-corrected chi connectivity index (χ3v) is 2.68. The molecule has 0 aliphatic heterocycles. The highest BCUT2D eigenvalue weighted by atomic mass is 16.4. The van der Waals surface area contributed by atoms with Gasteiger partial charge in [0, 0.05) is 11.8 Å². The predicted octanol–water partition coefficient (Wildman–Crippen LogP) is 3.51. The number of nitrogens with zero attached hydrogens (tertiary/aromatic N) is 2. The first-order valence-corrected chi connectivity index (χ1v) is 5.52. The fourth-order valence-electron chi connectivity index (χ4n) is 1.74. The van der Waals surface area contributed by atoms with Crippen molar-refractivity contribution in [2.45, 2.75) is 13.8 Å². The van der Waals surface area contributed by atoms with Gasteiger partial charge in [0.25, 0.3) is 0 Å². The summed E-state index contributed by atoms with van der Waals surface area (Å²) < 4.78 is 5.63. The molecule has 3 nitrogen and oxygen atoms in total. The average molecular weight is 224 g/mol. The maximum atomic E-state index is 5.63. The molecule has 3 aromatic rings. The predicted molar refractivity (Wildman–Crippen MR) is 66.7 cm³/mol. The van der Waals surface area contributed by atoms with E-state index in [1.165, 1.54) is 5.56 Å². The smallest absolute Gasteiger partial charge is 0.247 e. The normalized spacial score (nSPS) is 10.9. The van der Waals surface area contributed by atoms with Crippen molar-refractivity contribution in [3.63, 3.8) is 0 Å². The van der Waals surface area contributed by atoms with Crippen molar-refractivity contribution in [1.29, 1.82) is 0 Å². The molecule has 3 rings (SSSR count). The highest BCUT2D eigenvalue weighted by Gasteiger charge is 2.08. The molecule has 0 fully saturated rings. The van der Waals surface area contributed by atoms with E-state index in [2.05, 4.69) is 16.9 Å². The number of fused-ring (bicyclic) bond motifs is 1. The van der Waals surface area contributed by atoms with E-state index in [0.717, 1.165) is 16.6 Å². The summed E-state index contributed by atoms with van der Waals surface area (Å²) in [4.78, 5) is 8.66. The van der Waals surface area contributed by atoms with E-state index in [0.29, 0.717) is 11.6 Å². The van der Waals surface area contributed by atoms with Crippen LogP contribution in [-0.4, -0.2) is 9.97 Å². The Morgan fingerprint density at radius 1 is 1.00 bits per heavy atom. The molecule has 0 aliphatic rings. The number of oxazole rings is 1. The zero-order valence-corrected chi connectivity index (χ0v) is 9.77. The van der Waals surface area contributed by atoms with Gasteiger partial charge in [-0.1, -0.05) is 17.7 Å². The Bertz CT molecular complexity index is 668. The zero-order chi connectivity index (χ0) is 11.8. The molecule has 0 amide bonds. The zero-order valence-electron chi connectivity index (χ0n) is 9.77. The van der Waals surface area contributed by atoms with Crippen LogP contribution < -0.4 is 0 Å². The van der Waals surface area contributed by atoms with Crippen LogP contribution in [0.3, 0.4) is 0 Å². The average Bonchev–Trinajstić information content (AvgIpc) is 2.72. The fourth-order valence-corrected chi connectivity index (χ4v) is 1.74. The van der Waals surface area contributed by atoms with Gasteiger partial charge in [0.2, 0.25) is 11.6 Å². The molecule has 0 spiro atoms. The van der Waals surface area contributed by atoms with Gasteiger partial charge in [0.15, 0.2) is 0 Å². The van der Waals surface area contributed by atoms with Crippen molar-refractivity contribution < 1.29 is 4.42 Å². The van der Waals surface area contributed by atoms with Gasteiger partial charge in [0.05, 0.1) is 0 Å². The lowest BCUT2D eigenvalue weighted by atomic mass is 10.1. The lowest BCUT2D eigenvalue weighted by Gasteiger charge is -1.94. The molecule has 84 valence electrons. The molecule has 0 unspecified atom stereocenters. The second-order valence-electron chi connectivity index (χ2n) is 4.22. The molecule has 1 aromatic carbocycles. The number of rotatable bonds is 1. The minimum atomic E-state index is 0.589. The Labute approximate surface area is 99.1 Å². The summed E-state index contributed by atoms with van der Waals surface area (Å²) in [5.41, 5.74) is 4.68. The molecule has 0 N–H and O–H groups in total. The standard InChI is InChI=1S/C14H12N2O/c1-9-3-5-11(6-4-9)13-16-12-7-10(2)8-15-14(12)17-13/h3-8H,1-2H3. The number of benzene rings is 1. The molecule has 3 heteroatoms. The number of hydrogen-bond donors (Lipinski definition) is 0. The first-order valence-electron chi connectivity index (χ1n) is 5.52. The lowest BCUT2D eigenvalue weighted by molar-refractivity contribution is 0.607. The summed E-state index contributed by atoms with van der Waals surface area (Å²) in [6, 6.07) is 10.1. The highest BCUT2D eigenvalue weighted by Crippen LogP contribution is 2.23. The van der Waals surface area contributed by atoms with Crippen molar-refractivity contribution in [3.8, 4) is 11.5 Å². The van der Waals surface area contributed by atoms with E-state index < -0.39 is 0 Å². The maximum Gasteiger partial charge on any atom is 0.247 e. The van der Waals surface area contributed by atoms with Crippen molar-refractivity contribution in [2.75, 3.05) is 0 Å². The molecule has 0 aliphatic carbocycles. The van der Waals surface area contributed by atoms with E-state index in [1.54, 1.807) is 6.20 Å². The van der Waals surface area contributed by atoms with Crippen molar-refractivity contribution in [2.24, 2.45) is 0 Å². The van der Waals surface area contributed by atoms with Crippen LogP contribution in [-0.2, 0) is 0 Å². The Balaban J connectivity index is 2.14. The molecule has 0 saturated carbocycles. The molecule has 0 bridgehead atoms. The molecular formula is C14H12N2O. The molecule has 0 saturated heterocycles. The topological polar surface area (TPSA) is 38.9 Å². The van der Waals surface area contributed by atoms with Gasteiger partial charge in [-0.3, -0.25) is 0 Å². The minimum absolute atomic E-state index is 0.589. The molecule has 0 atom stereocenters. The SMILES string of the molecule is Cc1ccc(-c2nc3cc(C)cnc3o2)cc1.